The molecule has 4 nitrogen and oxygen atoms in total. The maximum atomic E-state index is 11.5. The van der Waals surface area contributed by atoms with Gasteiger partial charge in [-0.3, -0.25) is 4.79 Å². The highest BCUT2D eigenvalue weighted by molar-refractivity contribution is 5.75. The number of amides is 1. The minimum Gasteiger partial charge on any atom is -0.356 e. The Morgan fingerprint density at radius 3 is 2.65 bits per heavy atom. The van der Waals surface area contributed by atoms with Gasteiger partial charge in [-0.15, -0.1) is 0 Å². The van der Waals surface area contributed by atoms with Crippen molar-refractivity contribution in [2.75, 3.05) is 26.7 Å². The van der Waals surface area contributed by atoms with E-state index in [0.29, 0.717) is 13.0 Å². The predicted molar refractivity (Wildman–Crippen MR) is 83.3 cm³/mol. The number of carbonyl (C=O) groups excluding carboxylic acids is 1. The van der Waals surface area contributed by atoms with Gasteiger partial charge < -0.3 is 16.0 Å². The summed E-state index contributed by atoms with van der Waals surface area (Å²) in [7, 11) is 2.11. The zero-order valence-corrected chi connectivity index (χ0v) is 12.5. The minimum absolute atomic E-state index is 0.143. The fraction of sp³-hybridized carbons (Fsp3) is 0.562. The normalized spacial score (nSPS) is 10.8. The van der Waals surface area contributed by atoms with Crippen molar-refractivity contribution in [2.24, 2.45) is 5.73 Å². The molecular weight excluding hydrogens is 250 g/mol. The summed E-state index contributed by atoms with van der Waals surface area (Å²) >= 11 is 0. The maximum absolute atomic E-state index is 11.5. The van der Waals surface area contributed by atoms with E-state index in [2.05, 4.69) is 41.5 Å². The van der Waals surface area contributed by atoms with E-state index in [1.807, 2.05) is 6.07 Å². The second-order valence-corrected chi connectivity index (χ2v) is 5.17. The van der Waals surface area contributed by atoms with Gasteiger partial charge >= 0.3 is 0 Å². The van der Waals surface area contributed by atoms with Crippen LogP contribution in [0.5, 0.6) is 0 Å². The molecule has 0 spiro atoms. The molecule has 0 atom stereocenters. The van der Waals surface area contributed by atoms with Gasteiger partial charge in [-0.05, 0) is 45.0 Å². The maximum Gasteiger partial charge on any atom is 0.219 e. The van der Waals surface area contributed by atoms with E-state index in [-0.39, 0.29) is 5.91 Å². The molecule has 0 saturated heterocycles. The Labute approximate surface area is 122 Å². The number of hydrogen-bond acceptors (Lipinski definition) is 3. The van der Waals surface area contributed by atoms with Crippen LogP contribution in [0.1, 0.15) is 31.2 Å². The summed E-state index contributed by atoms with van der Waals surface area (Å²) < 4.78 is 0. The average Bonchev–Trinajstić information content (AvgIpc) is 2.45. The number of nitrogens with two attached hydrogens (primary N) is 1. The quantitative estimate of drug-likeness (QED) is 0.641. The number of carbonyl (C=O) groups is 1. The molecule has 0 bridgehead atoms. The van der Waals surface area contributed by atoms with Crippen LogP contribution in [0.3, 0.4) is 0 Å². The van der Waals surface area contributed by atoms with Crippen molar-refractivity contribution in [3.8, 4) is 0 Å². The second kappa shape index (κ2) is 10.4. The largest absolute Gasteiger partial charge is 0.356 e. The summed E-state index contributed by atoms with van der Waals surface area (Å²) in [5.41, 5.74) is 6.72. The van der Waals surface area contributed by atoms with E-state index in [0.717, 1.165) is 38.9 Å². The molecule has 0 aliphatic heterocycles. The Balaban J connectivity index is 2.04. The Morgan fingerprint density at radius 1 is 1.20 bits per heavy atom. The van der Waals surface area contributed by atoms with Crippen molar-refractivity contribution >= 4 is 5.91 Å². The first-order valence-electron chi connectivity index (χ1n) is 7.41. The summed E-state index contributed by atoms with van der Waals surface area (Å²) in [4.78, 5) is 13.8. The molecule has 4 heteroatoms. The first-order valence-corrected chi connectivity index (χ1v) is 7.41. The van der Waals surface area contributed by atoms with Gasteiger partial charge in [0.1, 0.15) is 0 Å². The predicted octanol–water partition coefficient (Wildman–Crippen LogP) is 1.75. The van der Waals surface area contributed by atoms with Gasteiger partial charge in [0, 0.05) is 19.5 Å². The smallest absolute Gasteiger partial charge is 0.219 e. The van der Waals surface area contributed by atoms with Crippen LogP contribution in [0, 0.1) is 0 Å². The van der Waals surface area contributed by atoms with Gasteiger partial charge in [0.2, 0.25) is 5.91 Å². The first-order chi connectivity index (χ1) is 9.72. The number of hydrogen-bond donors (Lipinski definition) is 2. The van der Waals surface area contributed by atoms with Gasteiger partial charge in [-0.25, -0.2) is 0 Å². The van der Waals surface area contributed by atoms with Gasteiger partial charge in [0.25, 0.3) is 0 Å². The molecule has 0 fully saturated rings. The van der Waals surface area contributed by atoms with Crippen LogP contribution in [-0.4, -0.2) is 37.5 Å². The van der Waals surface area contributed by atoms with E-state index in [1.165, 1.54) is 5.56 Å². The fourth-order valence-corrected chi connectivity index (χ4v) is 2.07. The molecule has 1 rings (SSSR count). The number of unbranched alkanes of at least 4 members (excludes halogenated alkanes) is 1. The third-order valence-corrected chi connectivity index (χ3v) is 3.19. The van der Waals surface area contributed by atoms with Crippen LogP contribution in [0.15, 0.2) is 30.3 Å². The van der Waals surface area contributed by atoms with E-state index in [4.69, 9.17) is 5.73 Å². The Morgan fingerprint density at radius 2 is 1.95 bits per heavy atom. The molecule has 0 aromatic heterocycles. The number of rotatable bonds is 10. The van der Waals surface area contributed by atoms with Crippen molar-refractivity contribution < 1.29 is 4.79 Å². The van der Waals surface area contributed by atoms with E-state index >= 15 is 0 Å². The lowest BCUT2D eigenvalue weighted by molar-refractivity contribution is -0.121. The topological polar surface area (TPSA) is 58.4 Å². The summed E-state index contributed by atoms with van der Waals surface area (Å²) in [6.07, 6.45) is 3.38. The van der Waals surface area contributed by atoms with Gasteiger partial charge in [-0.2, -0.15) is 0 Å². The van der Waals surface area contributed by atoms with Crippen LogP contribution in [0.4, 0.5) is 0 Å². The van der Waals surface area contributed by atoms with Gasteiger partial charge in [0.15, 0.2) is 0 Å². The summed E-state index contributed by atoms with van der Waals surface area (Å²) in [5, 5.41) is 2.95. The van der Waals surface area contributed by atoms with Crippen molar-refractivity contribution in [1.82, 2.24) is 10.2 Å². The van der Waals surface area contributed by atoms with Crippen LogP contribution in [0.2, 0.25) is 0 Å². The van der Waals surface area contributed by atoms with Crippen LogP contribution < -0.4 is 11.1 Å². The monoisotopic (exact) mass is 277 g/mol. The third kappa shape index (κ3) is 7.92. The van der Waals surface area contributed by atoms with Crippen molar-refractivity contribution in [3.63, 3.8) is 0 Å². The Kier molecular flexibility index (Phi) is 8.67. The first kappa shape index (κ1) is 16.7. The van der Waals surface area contributed by atoms with Crippen molar-refractivity contribution in [2.45, 2.75) is 32.2 Å². The minimum atomic E-state index is 0.143. The second-order valence-electron chi connectivity index (χ2n) is 5.17. The average molecular weight is 277 g/mol. The lowest BCUT2D eigenvalue weighted by Crippen LogP contribution is -2.28. The molecule has 0 saturated carbocycles. The molecule has 3 N–H and O–H groups in total. The summed E-state index contributed by atoms with van der Waals surface area (Å²) in [6.45, 7) is 3.35. The summed E-state index contributed by atoms with van der Waals surface area (Å²) in [6, 6.07) is 10.4. The molecule has 0 aliphatic rings. The standard InChI is InChI=1S/C16H27N3O/c1-19(14-15-8-3-2-4-9-15)13-7-12-18-16(20)10-5-6-11-17/h2-4,8-9H,5-7,10-14,17H2,1H3,(H,18,20). The van der Waals surface area contributed by atoms with E-state index in [9.17, 15) is 4.79 Å². The van der Waals surface area contributed by atoms with E-state index < -0.39 is 0 Å². The van der Waals surface area contributed by atoms with E-state index in [1.54, 1.807) is 0 Å². The molecular formula is C16H27N3O. The number of benzene rings is 1. The van der Waals surface area contributed by atoms with Gasteiger partial charge in [-0.1, -0.05) is 30.3 Å². The third-order valence-electron chi connectivity index (χ3n) is 3.19. The molecule has 20 heavy (non-hydrogen) atoms. The number of nitrogens with zero attached hydrogens (tertiary/aromatic N) is 1. The molecule has 1 aromatic carbocycles. The van der Waals surface area contributed by atoms with Crippen LogP contribution >= 0.6 is 0 Å². The lowest BCUT2D eigenvalue weighted by Gasteiger charge is -2.16. The number of nitrogens with one attached hydrogen (secondary N) is 1. The highest BCUT2D eigenvalue weighted by Gasteiger charge is 2.02. The molecule has 0 radical (unpaired) electrons. The molecule has 1 amide bonds. The SMILES string of the molecule is CN(CCCNC(=O)CCCCN)Cc1ccccc1. The fourth-order valence-electron chi connectivity index (χ4n) is 2.07. The van der Waals surface area contributed by atoms with Gasteiger partial charge in [0.05, 0.1) is 0 Å². The molecule has 112 valence electrons. The zero-order valence-electron chi connectivity index (χ0n) is 12.5. The van der Waals surface area contributed by atoms with Crippen LogP contribution in [-0.2, 0) is 11.3 Å². The van der Waals surface area contributed by atoms with Crippen molar-refractivity contribution in [3.05, 3.63) is 35.9 Å². The molecule has 1 aromatic rings. The van der Waals surface area contributed by atoms with Crippen LogP contribution in [0.25, 0.3) is 0 Å². The highest BCUT2D eigenvalue weighted by Crippen LogP contribution is 2.02. The van der Waals surface area contributed by atoms with Crippen molar-refractivity contribution in [1.29, 1.82) is 0 Å². The molecule has 0 heterocycles. The Bertz CT molecular complexity index is 367. The Hall–Kier alpha value is -1.39. The molecule has 0 unspecified atom stereocenters. The zero-order chi connectivity index (χ0) is 14.6. The molecule has 0 aliphatic carbocycles. The highest BCUT2D eigenvalue weighted by atomic mass is 16.1. The lowest BCUT2D eigenvalue weighted by atomic mass is 10.2. The summed E-state index contributed by atoms with van der Waals surface area (Å²) in [5.74, 6) is 0.143.